The quantitative estimate of drug-likeness (QED) is 0.276. The number of rotatable bonds is 5. The fourth-order valence-electron chi connectivity index (χ4n) is 3.86. The number of alkyl halides is 2. The van der Waals surface area contributed by atoms with E-state index >= 15 is 0 Å². The van der Waals surface area contributed by atoms with Gasteiger partial charge in [0, 0.05) is 23.0 Å². The number of carbonyl (C=O) groups is 2. The molecule has 0 saturated heterocycles. The third-order valence-corrected chi connectivity index (χ3v) is 7.06. The van der Waals surface area contributed by atoms with Crippen molar-refractivity contribution in [3.8, 4) is 6.07 Å². The molecular formula is C25H18Cl3FN4O2. The second-order valence-corrected chi connectivity index (χ2v) is 10.0. The SMILES string of the molecule is Cc1cc(C2C(C(=O)Nc3ccc(Cl)c(C(=O)Nc4ccc(N)c(C#N)c4)c3)C2(Cl)Cl)ccc1F. The molecule has 6 nitrogen and oxygen atoms in total. The molecule has 2 unspecified atom stereocenters. The van der Waals surface area contributed by atoms with Gasteiger partial charge in [-0.25, -0.2) is 4.39 Å². The number of nitrogens with one attached hydrogen (secondary N) is 2. The molecular weight excluding hydrogens is 514 g/mol. The van der Waals surface area contributed by atoms with Crippen LogP contribution in [0.25, 0.3) is 0 Å². The summed E-state index contributed by atoms with van der Waals surface area (Å²) in [7, 11) is 0. The van der Waals surface area contributed by atoms with Crippen LogP contribution >= 0.6 is 34.8 Å². The number of nitrogen functional groups attached to an aromatic ring is 1. The Morgan fingerprint density at radius 3 is 2.43 bits per heavy atom. The van der Waals surface area contributed by atoms with E-state index in [1.165, 1.54) is 36.4 Å². The molecule has 2 atom stereocenters. The van der Waals surface area contributed by atoms with E-state index in [-0.39, 0.29) is 27.7 Å². The Labute approximate surface area is 215 Å². The summed E-state index contributed by atoms with van der Waals surface area (Å²) >= 11 is 19.0. The van der Waals surface area contributed by atoms with Crippen molar-refractivity contribution in [1.82, 2.24) is 0 Å². The van der Waals surface area contributed by atoms with Gasteiger partial charge in [0.2, 0.25) is 5.91 Å². The van der Waals surface area contributed by atoms with Gasteiger partial charge in [-0.05, 0) is 60.5 Å². The molecule has 1 saturated carbocycles. The Morgan fingerprint density at radius 1 is 1.06 bits per heavy atom. The predicted molar refractivity (Wildman–Crippen MR) is 135 cm³/mol. The van der Waals surface area contributed by atoms with Crippen LogP contribution in [0.1, 0.15) is 33.0 Å². The molecule has 0 radical (unpaired) electrons. The molecule has 4 rings (SSSR count). The fraction of sp³-hybridized carbons (Fsp3) is 0.160. The number of aryl methyl sites for hydroxylation is 1. The molecule has 10 heteroatoms. The highest BCUT2D eigenvalue weighted by Gasteiger charge is 2.67. The van der Waals surface area contributed by atoms with Gasteiger partial charge in [-0.2, -0.15) is 5.26 Å². The summed E-state index contributed by atoms with van der Waals surface area (Å²) in [5.41, 5.74) is 8.07. The molecule has 35 heavy (non-hydrogen) atoms. The number of halogens is 4. The fourth-order valence-corrected chi connectivity index (χ4v) is 4.89. The normalized spacial score (nSPS) is 17.8. The van der Waals surface area contributed by atoms with Gasteiger partial charge in [0.25, 0.3) is 5.91 Å². The molecule has 3 aromatic rings. The molecule has 4 N–H and O–H groups in total. The highest BCUT2D eigenvalue weighted by atomic mass is 35.5. The van der Waals surface area contributed by atoms with Crippen molar-refractivity contribution in [2.45, 2.75) is 17.2 Å². The van der Waals surface area contributed by atoms with E-state index in [1.54, 1.807) is 25.1 Å². The lowest BCUT2D eigenvalue weighted by Crippen LogP contribution is -2.18. The van der Waals surface area contributed by atoms with Crippen LogP contribution in [0.4, 0.5) is 21.5 Å². The summed E-state index contributed by atoms with van der Waals surface area (Å²) < 4.78 is 12.3. The van der Waals surface area contributed by atoms with Crippen LogP contribution in [0.5, 0.6) is 0 Å². The molecule has 0 aliphatic heterocycles. The van der Waals surface area contributed by atoms with Crippen molar-refractivity contribution in [3.05, 3.63) is 87.7 Å². The summed E-state index contributed by atoms with van der Waals surface area (Å²) in [4.78, 5) is 25.8. The first kappa shape index (κ1) is 24.8. The zero-order valence-electron chi connectivity index (χ0n) is 18.2. The number of amides is 2. The topological polar surface area (TPSA) is 108 Å². The summed E-state index contributed by atoms with van der Waals surface area (Å²) in [5, 5.41) is 14.7. The second kappa shape index (κ2) is 9.38. The maximum Gasteiger partial charge on any atom is 0.257 e. The second-order valence-electron chi connectivity index (χ2n) is 8.19. The van der Waals surface area contributed by atoms with Gasteiger partial charge in [0.1, 0.15) is 16.2 Å². The van der Waals surface area contributed by atoms with E-state index in [9.17, 15) is 14.0 Å². The average Bonchev–Trinajstić information content (AvgIpc) is 3.40. The molecule has 1 fully saturated rings. The standard InChI is InChI=1S/C25H18Cl3FN4O2/c1-12-8-13(2-6-19(12)29)21-22(25(21,27)28)24(35)33-16-3-5-18(26)17(10-16)23(34)32-15-4-7-20(31)14(9-15)11-30/h2-10,21-22H,31H2,1H3,(H,32,34)(H,33,35). The minimum absolute atomic E-state index is 0.101. The Hall–Kier alpha value is -3.31. The first-order valence-electron chi connectivity index (χ1n) is 10.4. The van der Waals surface area contributed by atoms with E-state index in [0.29, 0.717) is 22.5 Å². The van der Waals surface area contributed by atoms with Gasteiger partial charge < -0.3 is 16.4 Å². The zero-order valence-corrected chi connectivity index (χ0v) is 20.5. The summed E-state index contributed by atoms with van der Waals surface area (Å²) in [6, 6.07) is 15.4. The predicted octanol–water partition coefficient (Wildman–Crippen LogP) is 6.02. The number of carbonyl (C=O) groups excluding carboxylic acids is 2. The number of benzene rings is 3. The van der Waals surface area contributed by atoms with E-state index < -0.39 is 28.0 Å². The lowest BCUT2D eigenvalue weighted by atomic mass is 10.1. The summed E-state index contributed by atoms with van der Waals surface area (Å²) in [6.07, 6.45) is 0. The van der Waals surface area contributed by atoms with Crippen LogP contribution in [-0.2, 0) is 4.79 Å². The van der Waals surface area contributed by atoms with Gasteiger partial charge in [-0.3, -0.25) is 9.59 Å². The van der Waals surface area contributed by atoms with Crippen LogP contribution in [0, 0.1) is 30.0 Å². The Balaban J connectivity index is 1.51. The lowest BCUT2D eigenvalue weighted by molar-refractivity contribution is -0.117. The number of nitrogens with zero attached hydrogens (tertiary/aromatic N) is 1. The van der Waals surface area contributed by atoms with Crippen molar-refractivity contribution in [2.75, 3.05) is 16.4 Å². The van der Waals surface area contributed by atoms with Crippen LogP contribution in [0.15, 0.2) is 54.6 Å². The average molecular weight is 532 g/mol. The van der Waals surface area contributed by atoms with E-state index in [1.807, 2.05) is 6.07 Å². The van der Waals surface area contributed by atoms with Crippen molar-refractivity contribution < 1.29 is 14.0 Å². The van der Waals surface area contributed by atoms with Crippen LogP contribution in [0.3, 0.4) is 0 Å². The van der Waals surface area contributed by atoms with Crippen molar-refractivity contribution in [2.24, 2.45) is 5.92 Å². The van der Waals surface area contributed by atoms with Crippen molar-refractivity contribution in [3.63, 3.8) is 0 Å². The highest BCUT2D eigenvalue weighted by Crippen LogP contribution is 2.65. The van der Waals surface area contributed by atoms with Gasteiger partial charge in [-0.15, -0.1) is 23.2 Å². The third kappa shape index (κ3) is 4.92. The van der Waals surface area contributed by atoms with Gasteiger partial charge in [-0.1, -0.05) is 23.7 Å². The zero-order chi connectivity index (χ0) is 25.5. The van der Waals surface area contributed by atoms with Gasteiger partial charge in [0.15, 0.2) is 0 Å². The maximum atomic E-state index is 13.6. The number of nitrogens with two attached hydrogens (primary N) is 1. The molecule has 1 aliphatic carbocycles. The number of hydrogen-bond donors (Lipinski definition) is 3. The lowest BCUT2D eigenvalue weighted by Gasteiger charge is -2.11. The van der Waals surface area contributed by atoms with Crippen LogP contribution in [-0.4, -0.2) is 16.1 Å². The summed E-state index contributed by atoms with van der Waals surface area (Å²) in [5.74, 6) is -2.65. The van der Waals surface area contributed by atoms with Gasteiger partial charge >= 0.3 is 0 Å². The molecule has 0 spiro atoms. The Morgan fingerprint density at radius 2 is 1.74 bits per heavy atom. The largest absolute Gasteiger partial charge is 0.398 e. The number of anilines is 3. The van der Waals surface area contributed by atoms with E-state index in [4.69, 9.17) is 45.8 Å². The first-order chi connectivity index (χ1) is 16.5. The first-order valence-corrected chi connectivity index (χ1v) is 11.5. The number of nitriles is 1. The van der Waals surface area contributed by atoms with E-state index in [2.05, 4.69) is 10.6 Å². The minimum atomic E-state index is -1.35. The minimum Gasteiger partial charge on any atom is -0.398 e. The van der Waals surface area contributed by atoms with Crippen molar-refractivity contribution in [1.29, 1.82) is 5.26 Å². The van der Waals surface area contributed by atoms with Crippen LogP contribution in [0.2, 0.25) is 5.02 Å². The molecule has 0 bridgehead atoms. The number of hydrogen-bond acceptors (Lipinski definition) is 4. The summed E-state index contributed by atoms with van der Waals surface area (Å²) in [6.45, 7) is 1.62. The third-order valence-electron chi connectivity index (χ3n) is 5.79. The Bertz CT molecular complexity index is 1400. The molecule has 1 aliphatic rings. The molecule has 0 heterocycles. The van der Waals surface area contributed by atoms with Crippen LogP contribution < -0.4 is 16.4 Å². The molecule has 0 aromatic heterocycles. The highest BCUT2D eigenvalue weighted by molar-refractivity contribution is 6.53. The Kier molecular flexibility index (Phi) is 6.65. The van der Waals surface area contributed by atoms with Crippen molar-refractivity contribution >= 4 is 63.7 Å². The molecule has 2 amide bonds. The monoisotopic (exact) mass is 530 g/mol. The van der Waals surface area contributed by atoms with E-state index in [0.717, 1.165) is 0 Å². The smallest absolute Gasteiger partial charge is 0.257 e. The van der Waals surface area contributed by atoms with Gasteiger partial charge in [0.05, 0.1) is 22.1 Å². The maximum absolute atomic E-state index is 13.6. The molecule has 3 aromatic carbocycles. The molecule has 178 valence electrons.